The second kappa shape index (κ2) is 8.07. The van der Waals surface area contributed by atoms with E-state index in [2.05, 4.69) is 59.8 Å². The average Bonchev–Trinajstić information content (AvgIpc) is 3.04. The van der Waals surface area contributed by atoms with E-state index in [1.807, 2.05) is 0 Å². The predicted octanol–water partition coefficient (Wildman–Crippen LogP) is 6.38. The van der Waals surface area contributed by atoms with Gasteiger partial charge in [-0.15, -0.1) is 0 Å². The Morgan fingerprint density at radius 2 is 1.67 bits per heavy atom. The zero-order valence-corrected chi connectivity index (χ0v) is 20.3. The molecular formula is C28H46O2. The van der Waals surface area contributed by atoms with Crippen LogP contribution >= 0.6 is 0 Å². The van der Waals surface area contributed by atoms with Gasteiger partial charge in [-0.1, -0.05) is 65.3 Å². The third-order valence-corrected chi connectivity index (χ3v) is 10.6. The minimum atomic E-state index is -0.321. The van der Waals surface area contributed by atoms with Crippen LogP contribution in [0.2, 0.25) is 0 Å². The zero-order valence-electron chi connectivity index (χ0n) is 20.3. The summed E-state index contributed by atoms with van der Waals surface area (Å²) in [6.45, 7) is 14.4. The monoisotopic (exact) mass is 414 g/mol. The minimum Gasteiger partial charge on any atom is -0.393 e. The van der Waals surface area contributed by atoms with Crippen molar-refractivity contribution in [3.63, 3.8) is 0 Å². The van der Waals surface area contributed by atoms with Gasteiger partial charge in [-0.05, 0) is 97.2 Å². The summed E-state index contributed by atoms with van der Waals surface area (Å²) >= 11 is 0. The molecule has 0 unspecified atom stereocenters. The molecule has 4 aliphatic carbocycles. The summed E-state index contributed by atoms with van der Waals surface area (Å²) in [4.78, 5) is 0. The fraction of sp³-hybridized carbons (Fsp3) is 0.857. The standard InChI is InChI=1S/C28H46O2/c1-17(2)18(3)7-8-19(4)22-9-10-23-26-24(12-14-28(22,23)6)27(5)13-11-21(29)15-20(27)16-25(26)30/h7-8,16-19,21-26,29-30H,9-15H2,1-6H3/b8-7+/t18-,19+,21-,22+,23-,24-,25+,26-,27-,28+/m0/s1. The van der Waals surface area contributed by atoms with Gasteiger partial charge in [0.1, 0.15) is 0 Å². The van der Waals surface area contributed by atoms with Gasteiger partial charge in [0.05, 0.1) is 12.2 Å². The Balaban J connectivity index is 1.57. The minimum absolute atomic E-state index is 0.195. The number of aliphatic hydroxyl groups is 2. The Morgan fingerprint density at radius 1 is 0.933 bits per heavy atom. The third kappa shape index (κ3) is 3.54. The molecule has 0 spiro atoms. The summed E-state index contributed by atoms with van der Waals surface area (Å²) < 4.78 is 0. The van der Waals surface area contributed by atoms with Crippen molar-refractivity contribution in [2.45, 2.75) is 98.7 Å². The molecule has 3 saturated carbocycles. The highest BCUT2D eigenvalue weighted by Crippen LogP contribution is 2.67. The van der Waals surface area contributed by atoms with Crippen molar-refractivity contribution < 1.29 is 10.2 Å². The maximum atomic E-state index is 11.3. The molecule has 0 heterocycles. The molecule has 3 fully saturated rings. The molecule has 4 rings (SSSR count). The van der Waals surface area contributed by atoms with Crippen LogP contribution in [-0.2, 0) is 0 Å². The van der Waals surface area contributed by atoms with Crippen molar-refractivity contribution in [2.75, 3.05) is 0 Å². The quantitative estimate of drug-likeness (QED) is 0.524. The molecule has 0 aromatic rings. The van der Waals surface area contributed by atoms with Crippen molar-refractivity contribution in [1.82, 2.24) is 0 Å². The Hall–Kier alpha value is -0.600. The van der Waals surface area contributed by atoms with Gasteiger partial charge in [-0.2, -0.15) is 0 Å². The number of hydrogen-bond donors (Lipinski definition) is 2. The zero-order chi connectivity index (χ0) is 21.8. The predicted molar refractivity (Wildman–Crippen MR) is 125 cm³/mol. The van der Waals surface area contributed by atoms with Crippen molar-refractivity contribution in [3.05, 3.63) is 23.8 Å². The highest BCUT2D eigenvalue weighted by molar-refractivity contribution is 5.28. The average molecular weight is 415 g/mol. The molecular weight excluding hydrogens is 368 g/mol. The lowest BCUT2D eigenvalue weighted by atomic mass is 9.46. The SMILES string of the molecule is CC(C)[C@@H](C)/C=C/[C@@H](C)[C@H]1CC[C@H]2[C@@H]3[C@H](O)C=C4C[C@@H](O)CC[C@]4(C)[C@H]3CC[C@]12C. The van der Waals surface area contributed by atoms with Gasteiger partial charge < -0.3 is 10.2 Å². The van der Waals surface area contributed by atoms with Crippen LogP contribution in [0.15, 0.2) is 23.8 Å². The van der Waals surface area contributed by atoms with E-state index in [0.29, 0.717) is 40.9 Å². The maximum Gasteiger partial charge on any atom is 0.0757 e. The normalized spacial score (nSPS) is 48.1. The number of fused-ring (bicyclic) bond motifs is 5. The molecule has 170 valence electrons. The Kier molecular flexibility index (Phi) is 6.08. The van der Waals surface area contributed by atoms with Gasteiger partial charge in [0.25, 0.3) is 0 Å². The van der Waals surface area contributed by atoms with E-state index in [0.717, 1.165) is 25.2 Å². The molecule has 0 aromatic heterocycles. The number of rotatable bonds is 4. The smallest absolute Gasteiger partial charge is 0.0757 e. The maximum absolute atomic E-state index is 11.3. The molecule has 2 nitrogen and oxygen atoms in total. The largest absolute Gasteiger partial charge is 0.393 e. The Labute approximate surface area is 185 Å². The lowest BCUT2D eigenvalue weighted by Gasteiger charge is -2.59. The van der Waals surface area contributed by atoms with Crippen LogP contribution in [0.5, 0.6) is 0 Å². The highest BCUT2D eigenvalue weighted by Gasteiger charge is 2.60. The van der Waals surface area contributed by atoms with E-state index in [9.17, 15) is 10.2 Å². The van der Waals surface area contributed by atoms with Crippen LogP contribution in [0.4, 0.5) is 0 Å². The molecule has 2 N–H and O–H groups in total. The van der Waals surface area contributed by atoms with Gasteiger partial charge in [0.2, 0.25) is 0 Å². The van der Waals surface area contributed by atoms with Gasteiger partial charge in [-0.25, -0.2) is 0 Å². The molecule has 4 aliphatic rings. The summed E-state index contributed by atoms with van der Waals surface area (Å²) in [6, 6.07) is 0. The Morgan fingerprint density at radius 3 is 2.37 bits per heavy atom. The molecule has 2 heteroatoms. The summed E-state index contributed by atoms with van der Waals surface area (Å²) in [7, 11) is 0. The summed E-state index contributed by atoms with van der Waals surface area (Å²) in [5.41, 5.74) is 1.90. The molecule has 0 saturated heterocycles. The van der Waals surface area contributed by atoms with E-state index >= 15 is 0 Å². The van der Waals surface area contributed by atoms with Gasteiger partial charge in [0, 0.05) is 0 Å². The van der Waals surface area contributed by atoms with Crippen molar-refractivity contribution >= 4 is 0 Å². The second-order valence-corrected chi connectivity index (χ2v) is 12.4. The van der Waals surface area contributed by atoms with Crippen LogP contribution in [0.1, 0.15) is 86.5 Å². The molecule has 0 bridgehead atoms. The molecule has 0 aliphatic heterocycles. The lowest BCUT2D eigenvalue weighted by Crippen LogP contribution is -2.54. The van der Waals surface area contributed by atoms with Gasteiger partial charge in [0.15, 0.2) is 0 Å². The van der Waals surface area contributed by atoms with E-state index in [1.54, 1.807) is 0 Å². The summed E-state index contributed by atoms with van der Waals surface area (Å²) in [5, 5.41) is 21.5. The van der Waals surface area contributed by atoms with E-state index in [4.69, 9.17) is 0 Å². The first-order valence-electron chi connectivity index (χ1n) is 12.8. The first-order valence-corrected chi connectivity index (χ1v) is 12.8. The van der Waals surface area contributed by atoms with Crippen LogP contribution in [0.3, 0.4) is 0 Å². The van der Waals surface area contributed by atoms with Crippen molar-refractivity contribution in [1.29, 1.82) is 0 Å². The molecule has 30 heavy (non-hydrogen) atoms. The van der Waals surface area contributed by atoms with Gasteiger partial charge >= 0.3 is 0 Å². The molecule has 0 radical (unpaired) electrons. The number of hydrogen-bond acceptors (Lipinski definition) is 2. The number of aliphatic hydroxyl groups excluding tert-OH is 2. The fourth-order valence-electron chi connectivity index (χ4n) is 8.24. The molecule has 0 aromatic carbocycles. The van der Waals surface area contributed by atoms with E-state index < -0.39 is 0 Å². The lowest BCUT2D eigenvalue weighted by molar-refractivity contribution is -0.0950. The van der Waals surface area contributed by atoms with E-state index in [1.165, 1.54) is 31.3 Å². The molecule has 10 atom stereocenters. The van der Waals surface area contributed by atoms with Crippen molar-refractivity contribution in [3.8, 4) is 0 Å². The third-order valence-electron chi connectivity index (χ3n) is 10.6. The van der Waals surface area contributed by atoms with Crippen LogP contribution in [-0.4, -0.2) is 22.4 Å². The highest BCUT2D eigenvalue weighted by atomic mass is 16.3. The summed E-state index contributed by atoms with van der Waals surface area (Å²) in [6.07, 6.45) is 14.5. The Bertz CT molecular complexity index is 693. The topological polar surface area (TPSA) is 40.5 Å². The van der Waals surface area contributed by atoms with Gasteiger partial charge in [-0.3, -0.25) is 0 Å². The van der Waals surface area contributed by atoms with Crippen LogP contribution in [0.25, 0.3) is 0 Å². The summed E-state index contributed by atoms with van der Waals surface area (Å²) in [5.74, 6) is 4.31. The van der Waals surface area contributed by atoms with Crippen molar-refractivity contribution in [2.24, 2.45) is 52.3 Å². The molecule has 0 amide bonds. The van der Waals surface area contributed by atoms with Crippen LogP contribution in [0, 0.1) is 52.3 Å². The first kappa shape index (κ1) is 22.6. The fourth-order valence-corrected chi connectivity index (χ4v) is 8.24. The van der Waals surface area contributed by atoms with Crippen LogP contribution < -0.4 is 0 Å². The first-order chi connectivity index (χ1) is 14.1. The van der Waals surface area contributed by atoms with E-state index in [-0.39, 0.29) is 17.6 Å². The second-order valence-electron chi connectivity index (χ2n) is 12.4. The number of allylic oxidation sites excluding steroid dienone is 2.